The molecule has 0 radical (unpaired) electrons. The summed E-state index contributed by atoms with van der Waals surface area (Å²) in [5.74, 6) is 0.190. The van der Waals surface area contributed by atoms with Gasteiger partial charge in [-0.15, -0.1) is 0 Å². The number of carbonyl (C=O) groups excluding carboxylic acids is 1. The first-order valence-electron chi connectivity index (χ1n) is 7.37. The zero-order chi connectivity index (χ0) is 18.0. The second kappa shape index (κ2) is 7.06. The van der Waals surface area contributed by atoms with Crippen molar-refractivity contribution in [2.45, 2.75) is 13.1 Å². The van der Waals surface area contributed by atoms with Gasteiger partial charge in [0, 0.05) is 25.0 Å². The van der Waals surface area contributed by atoms with Crippen LogP contribution in [0.1, 0.15) is 22.9 Å². The SMILES string of the molecule is CN(Cc1nccn1C(F)F)C(=O)c1ccc(-c2ccccc2Cl)o1. The average molecular weight is 366 g/mol. The molecular weight excluding hydrogens is 352 g/mol. The number of aromatic nitrogens is 2. The highest BCUT2D eigenvalue weighted by atomic mass is 35.5. The van der Waals surface area contributed by atoms with E-state index in [4.69, 9.17) is 16.0 Å². The van der Waals surface area contributed by atoms with Crippen molar-refractivity contribution in [3.05, 3.63) is 65.4 Å². The standard InChI is InChI=1S/C17H14ClF2N3O2/c1-22(10-15-21-8-9-23(15)17(19)20)16(24)14-7-6-13(25-14)11-4-2-3-5-12(11)18/h2-9,17H,10H2,1H3. The molecular formula is C17H14ClF2N3O2. The molecule has 2 heterocycles. The van der Waals surface area contributed by atoms with Crippen LogP contribution in [0, 0.1) is 0 Å². The minimum Gasteiger partial charge on any atom is -0.451 e. The third kappa shape index (κ3) is 3.56. The second-order valence-corrected chi connectivity index (χ2v) is 5.74. The molecule has 0 saturated heterocycles. The number of hydrogen-bond acceptors (Lipinski definition) is 3. The molecule has 0 N–H and O–H groups in total. The van der Waals surface area contributed by atoms with Crippen molar-refractivity contribution in [1.29, 1.82) is 0 Å². The monoisotopic (exact) mass is 365 g/mol. The highest BCUT2D eigenvalue weighted by molar-refractivity contribution is 6.33. The summed E-state index contributed by atoms with van der Waals surface area (Å²) in [4.78, 5) is 17.6. The Kier molecular flexibility index (Phi) is 4.85. The summed E-state index contributed by atoms with van der Waals surface area (Å²) < 4.78 is 32.0. The van der Waals surface area contributed by atoms with Crippen LogP contribution < -0.4 is 0 Å². The molecule has 25 heavy (non-hydrogen) atoms. The molecule has 1 amide bonds. The van der Waals surface area contributed by atoms with Gasteiger partial charge in [-0.3, -0.25) is 9.36 Å². The Bertz CT molecular complexity index is 891. The zero-order valence-electron chi connectivity index (χ0n) is 13.2. The van der Waals surface area contributed by atoms with Crippen LogP contribution in [0.25, 0.3) is 11.3 Å². The maximum atomic E-state index is 12.9. The van der Waals surface area contributed by atoms with Crippen molar-refractivity contribution in [2.24, 2.45) is 0 Å². The van der Waals surface area contributed by atoms with E-state index < -0.39 is 12.5 Å². The molecule has 0 fully saturated rings. The lowest BCUT2D eigenvalue weighted by Crippen LogP contribution is -2.27. The van der Waals surface area contributed by atoms with Gasteiger partial charge in [0.05, 0.1) is 11.6 Å². The third-order valence-corrected chi connectivity index (χ3v) is 3.97. The first-order valence-corrected chi connectivity index (χ1v) is 7.75. The summed E-state index contributed by atoms with van der Waals surface area (Å²) in [5, 5.41) is 0.503. The van der Waals surface area contributed by atoms with Crippen molar-refractivity contribution < 1.29 is 18.0 Å². The van der Waals surface area contributed by atoms with E-state index in [2.05, 4.69) is 4.98 Å². The van der Waals surface area contributed by atoms with Gasteiger partial charge >= 0.3 is 6.55 Å². The highest BCUT2D eigenvalue weighted by Crippen LogP contribution is 2.29. The van der Waals surface area contributed by atoms with Gasteiger partial charge in [-0.1, -0.05) is 23.7 Å². The van der Waals surface area contributed by atoms with Crippen LogP contribution in [0.4, 0.5) is 8.78 Å². The quantitative estimate of drug-likeness (QED) is 0.670. The van der Waals surface area contributed by atoms with Crippen LogP contribution in [0.5, 0.6) is 0 Å². The first kappa shape index (κ1) is 17.2. The lowest BCUT2D eigenvalue weighted by atomic mass is 10.2. The van der Waals surface area contributed by atoms with E-state index in [0.717, 1.165) is 0 Å². The molecule has 0 bridgehead atoms. The van der Waals surface area contributed by atoms with E-state index in [1.54, 1.807) is 24.3 Å². The Morgan fingerprint density at radius 3 is 2.80 bits per heavy atom. The molecule has 0 spiro atoms. The minimum absolute atomic E-state index is 0.0711. The second-order valence-electron chi connectivity index (χ2n) is 5.33. The van der Waals surface area contributed by atoms with Gasteiger partial charge in [-0.25, -0.2) is 4.98 Å². The van der Waals surface area contributed by atoms with E-state index >= 15 is 0 Å². The van der Waals surface area contributed by atoms with Crippen LogP contribution in [-0.4, -0.2) is 27.4 Å². The Labute approximate surface area is 147 Å². The van der Waals surface area contributed by atoms with Gasteiger partial charge in [0.1, 0.15) is 11.6 Å². The van der Waals surface area contributed by atoms with Crippen molar-refractivity contribution in [3.63, 3.8) is 0 Å². The van der Waals surface area contributed by atoms with E-state index in [1.807, 2.05) is 6.07 Å². The van der Waals surface area contributed by atoms with E-state index in [9.17, 15) is 13.6 Å². The van der Waals surface area contributed by atoms with Crippen LogP contribution in [0.3, 0.4) is 0 Å². The molecule has 0 aliphatic heterocycles. The third-order valence-electron chi connectivity index (χ3n) is 3.64. The minimum atomic E-state index is -2.71. The molecule has 0 atom stereocenters. The number of carbonyl (C=O) groups is 1. The van der Waals surface area contributed by atoms with E-state index in [0.29, 0.717) is 20.9 Å². The Morgan fingerprint density at radius 1 is 1.32 bits per heavy atom. The zero-order valence-corrected chi connectivity index (χ0v) is 14.0. The molecule has 2 aromatic heterocycles. The number of alkyl halides is 2. The van der Waals surface area contributed by atoms with Gasteiger partial charge in [0.2, 0.25) is 0 Å². The van der Waals surface area contributed by atoms with Gasteiger partial charge in [-0.2, -0.15) is 8.78 Å². The summed E-state index contributed by atoms with van der Waals surface area (Å²) in [6.07, 6.45) is 2.43. The van der Waals surface area contributed by atoms with E-state index in [1.165, 1.54) is 30.4 Å². The fourth-order valence-corrected chi connectivity index (χ4v) is 2.60. The summed E-state index contributed by atoms with van der Waals surface area (Å²) in [6.45, 7) is -2.78. The largest absolute Gasteiger partial charge is 0.451 e. The molecule has 0 unspecified atom stereocenters. The number of furan rings is 1. The predicted octanol–water partition coefficient (Wildman–Crippen LogP) is 4.46. The van der Waals surface area contributed by atoms with Gasteiger partial charge in [-0.05, 0) is 24.3 Å². The number of benzene rings is 1. The number of nitrogens with zero attached hydrogens (tertiary/aromatic N) is 3. The molecule has 5 nitrogen and oxygen atoms in total. The molecule has 3 aromatic rings. The van der Waals surface area contributed by atoms with Gasteiger partial charge < -0.3 is 9.32 Å². The van der Waals surface area contributed by atoms with Crippen LogP contribution in [0.15, 0.2) is 53.2 Å². The van der Waals surface area contributed by atoms with Crippen LogP contribution >= 0.6 is 11.6 Å². The summed E-state index contributed by atoms with van der Waals surface area (Å²) in [5.41, 5.74) is 0.666. The number of amides is 1. The van der Waals surface area contributed by atoms with Crippen LogP contribution in [0.2, 0.25) is 5.02 Å². The fraction of sp³-hybridized carbons (Fsp3) is 0.176. The number of halogens is 3. The van der Waals surface area contributed by atoms with Crippen molar-refractivity contribution >= 4 is 17.5 Å². The predicted molar refractivity (Wildman–Crippen MR) is 88.4 cm³/mol. The van der Waals surface area contributed by atoms with E-state index in [-0.39, 0.29) is 18.1 Å². The lowest BCUT2D eigenvalue weighted by molar-refractivity contribution is 0.0604. The maximum Gasteiger partial charge on any atom is 0.319 e. The molecule has 130 valence electrons. The van der Waals surface area contributed by atoms with Gasteiger partial charge in [0.25, 0.3) is 5.91 Å². The molecule has 0 aliphatic carbocycles. The number of imidazole rings is 1. The lowest BCUT2D eigenvalue weighted by Gasteiger charge is -2.16. The molecule has 3 rings (SSSR count). The van der Waals surface area contributed by atoms with Crippen LogP contribution in [-0.2, 0) is 6.54 Å². The maximum absolute atomic E-state index is 12.9. The Morgan fingerprint density at radius 2 is 2.08 bits per heavy atom. The van der Waals surface area contributed by atoms with Gasteiger partial charge in [0.15, 0.2) is 5.76 Å². The summed E-state index contributed by atoms with van der Waals surface area (Å²) >= 11 is 6.11. The molecule has 0 aliphatic rings. The van der Waals surface area contributed by atoms with Crippen molar-refractivity contribution in [1.82, 2.24) is 14.5 Å². The highest BCUT2D eigenvalue weighted by Gasteiger charge is 2.20. The number of rotatable bonds is 5. The number of hydrogen-bond donors (Lipinski definition) is 0. The smallest absolute Gasteiger partial charge is 0.319 e. The van der Waals surface area contributed by atoms with Crippen molar-refractivity contribution in [3.8, 4) is 11.3 Å². The molecule has 1 aromatic carbocycles. The first-order chi connectivity index (χ1) is 12.0. The molecule has 0 saturated carbocycles. The Balaban J connectivity index is 1.77. The normalized spacial score (nSPS) is 11.1. The molecule has 8 heteroatoms. The summed E-state index contributed by atoms with van der Waals surface area (Å²) in [7, 11) is 1.49. The van der Waals surface area contributed by atoms with Crippen molar-refractivity contribution in [2.75, 3.05) is 7.05 Å². The fourth-order valence-electron chi connectivity index (χ4n) is 2.37. The summed E-state index contributed by atoms with van der Waals surface area (Å²) in [6, 6.07) is 10.3. The topological polar surface area (TPSA) is 51.3 Å². The average Bonchev–Trinajstić information content (AvgIpc) is 3.23. The Hall–Kier alpha value is -2.67.